The topological polar surface area (TPSA) is 71.3 Å². The average Bonchev–Trinajstić information content (AvgIpc) is 3.39. The largest absolute Gasteiger partial charge is 0.372 e. The van der Waals surface area contributed by atoms with Gasteiger partial charge in [0.1, 0.15) is 0 Å². The molecule has 1 N–H and O–H groups in total. The SMILES string of the molecule is O=C(CCc1nc(-c2cccs2)no1)Nc1ccc(N2CCCCC2)cc1. The first-order valence-corrected chi connectivity index (χ1v) is 10.2. The van der Waals surface area contributed by atoms with Crippen LogP contribution >= 0.6 is 11.3 Å². The summed E-state index contributed by atoms with van der Waals surface area (Å²) in [5, 5.41) is 8.86. The van der Waals surface area contributed by atoms with Crippen molar-refractivity contribution in [1.29, 1.82) is 0 Å². The zero-order chi connectivity index (χ0) is 18.5. The summed E-state index contributed by atoms with van der Waals surface area (Å²) in [7, 11) is 0. The van der Waals surface area contributed by atoms with E-state index in [2.05, 4.69) is 32.5 Å². The molecule has 1 fully saturated rings. The molecule has 2 aromatic heterocycles. The third-order valence-electron chi connectivity index (χ3n) is 4.65. The zero-order valence-corrected chi connectivity index (χ0v) is 15.9. The van der Waals surface area contributed by atoms with Crippen LogP contribution in [0.2, 0.25) is 0 Å². The normalized spacial score (nSPS) is 14.3. The third kappa shape index (κ3) is 4.54. The molecule has 3 aromatic rings. The van der Waals surface area contributed by atoms with Crippen LogP contribution in [0.4, 0.5) is 11.4 Å². The Bertz CT molecular complexity index is 868. The minimum Gasteiger partial charge on any atom is -0.372 e. The smallest absolute Gasteiger partial charge is 0.227 e. The van der Waals surface area contributed by atoms with Crippen LogP contribution in [0.3, 0.4) is 0 Å². The fourth-order valence-electron chi connectivity index (χ4n) is 3.21. The Morgan fingerprint density at radius 2 is 1.96 bits per heavy atom. The molecule has 0 spiro atoms. The van der Waals surface area contributed by atoms with Crippen molar-refractivity contribution in [1.82, 2.24) is 10.1 Å². The number of aryl methyl sites for hydroxylation is 1. The van der Waals surface area contributed by atoms with Crippen molar-refractivity contribution < 1.29 is 9.32 Å². The Morgan fingerprint density at radius 1 is 1.15 bits per heavy atom. The van der Waals surface area contributed by atoms with Crippen LogP contribution < -0.4 is 10.2 Å². The highest BCUT2D eigenvalue weighted by Gasteiger charge is 2.13. The number of hydrogen-bond acceptors (Lipinski definition) is 6. The van der Waals surface area contributed by atoms with Gasteiger partial charge < -0.3 is 14.7 Å². The van der Waals surface area contributed by atoms with E-state index < -0.39 is 0 Å². The van der Waals surface area contributed by atoms with E-state index in [0.29, 0.717) is 24.6 Å². The van der Waals surface area contributed by atoms with Gasteiger partial charge in [0.25, 0.3) is 0 Å². The minimum absolute atomic E-state index is 0.0587. The van der Waals surface area contributed by atoms with Gasteiger partial charge in [0.15, 0.2) is 0 Å². The van der Waals surface area contributed by atoms with E-state index in [1.165, 1.54) is 24.9 Å². The Labute approximate surface area is 162 Å². The molecule has 0 radical (unpaired) electrons. The summed E-state index contributed by atoms with van der Waals surface area (Å²) < 4.78 is 5.23. The second-order valence-corrected chi connectivity index (χ2v) is 7.58. The number of carbonyl (C=O) groups is 1. The number of anilines is 2. The number of carbonyl (C=O) groups excluding carboxylic acids is 1. The molecule has 7 heteroatoms. The lowest BCUT2D eigenvalue weighted by Crippen LogP contribution is -2.29. The lowest BCUT2D eigenvalue weighted by atomic mass is 10.1. The maximum Gasteiger partial charge on any atom is 0.227 e. The standard InChI is InChI=1S/C20H22N4O2S/c25-18(10-11-19-22-20(23-26-19)17-5-4-14-27-17)21-15-6-8-16(9-7-15)24-12-2-1-3-13-24/h4-9,14H,1-3,10-13H2,(H,21,25). The molecule has 4 rings (SSSR count). The minimum atomic E-state index is -0.0587. The van der Waals surface area contributed by atoms with E-state index >= 15 is 0 Å². The molecule has 1 amide bonds. The Hall–Kier alpha value is -2.67. The number of hydrogen-bond donors (Lipinski definition) is 1. The Balaban J connectivity index is 1.28. The predicted octanol–water partition coefficient (Wildman–Crippen LogP) is 4.36. The molecular formula is C20H22N4O2S. The zero-order valence-electron chi connectivity index (χ0n) is 15.1. The molecule has 3 heterocycles. The van der Waals surface area contributed by atoms with Crippen molar-refractivity contribution in [3.63, 3.8) is 0 Å². The molecule has 1 aliphatic heterocycles. The van der Waals surface area contributed by atoms with Gasteiger partial charge in [-0.1, -0.05) is 11.2 Å². The van der Waals surface area contributed by atoms with E-state index in [1.807, 2.05) is 29.6 Å². The quantitative estimate of drug-likeness (QED) is 0.686. The lowest BCUT2D eigenvalue weighted by Gasteiger charge is -2.28. The highest BCUT2D eigenvalue weighted by molar-refractivity contribution is 7.13. The number of piperidine rings is 1. The van der Waals surface area contributed by atoms with Crippen LogP contribution in [-0.4, -0.2) is 29.1 Å². The van der Waals surface area contributed by atoms with Crippen molar-refractivity contribution in [2.75, 3.05) is 23.3 Å². The molecule has 0 saturated carbocycles. The van der Waals surface area contributed by atoms with Crippen LogP contribution in [0.25, 0.3) is 10.7 Å². The van der Waals surface area contributed by atoms with Crippen molar-refractivity contribution >= 4 is 28.6 Å². The summed E-state index contributed by atoms with van der Waals surface area (Å²) >= 11 is 1.56. The molecule has 0 unspecified atom stereocenters. The molecule has 6 nitrogen and oxygen atoms in total. The van der Waals surface area contributed by atoms with Crippen molar-refractivity contribution in [3.8, 4) is 10.7 Å². The van der Waals surface area contributed by atoms with Crippen molar-refractivity contribution in [2.24, 2.45) is 0 Å². The first-order valence-electron chi connectivity index (χ1n) is 9.29. The van der Waals surface area contributed by atoms with Crippen LogP contribution in [0, 0.1) is 0 Å². The van der Waals surface area contributed by atoms with Gasteiger partial charge in [-0.05, 0) is 55.0 Å². The van der Waals surface area contributed by atoms with E-state index in [1.54, 1.807) is 11.3 Å². The summed E-state index contributed by atoms with van der Waals surface area (Å²) in [6, 6.07) is 12.0. The van der Waals surface area contributed by atoms with E-state index in [9.17, 15) is 4.79 Å². The highest BCUT2D eigenvalue weighted by atomic mass is 32.1. The van der Waals surface area contributed by atoms with Gasteiger partial charge in [-0.3, -0.25) is 4.79 Å². The van der Waals surface area contributed by atoms with E-state index in [0.717, 1.165) is 23.7 Å². The molecule has 140 valence electrons. The third-order valence-corrected chi connectivity index (χ3v) is 5.51. The number of benzene rings is 1. The van der Waals surface area contributed by atoms with Gasteiger partial charge in [0, 0.05) is 37.3 Å². The molecule has 1 aliphatic rings. The van der Waals surface area contributed by atoms with Gasteiger partial charge in [-0.25, -0.2) is 0 Å². The van der Waals surface area contributed by atoms with Crippen molar-refractivity contribution in [2.45, 2.75) is 32.1 Å². The second-order valence-electron chi connectivity index (χ2n) is 6.63. The maximum atomic E-state index is 12.2. The number of nitrogens with one attached hydrogen (secondary N) is 1. The van der Waals surface area contributed by atoms with Crippen LogP contribution in [0.15, 0.2) is 46.3 Å². The maximum absolute atomic E-state index is 12.2. The molecule has 1 aromatic carbocycles. The summed E-state index contributed by atoms with van der Waals surface area (Å²) in [4.78, 5) is 19.9. The van der Waals surface area contributed by atoms with E-state index in [4.69, 9.17) is 4.52 Å². The molecule has 0 atom stereocenters. The molecular weight excluding hydrogens is 360 g/mol. The van der Waals surface area contributed by atoms with Gasteiger partial charge in [-0.2, -0.15) is 4.98 Å². The molecule has 1 saturated heterocycles. The summed E-state index contributed by atoms with van der Waals surface area (Å²) in [6.45, 7) is 2.23. The number of nitrogens with zero attached hydrogens (tertiary/aromatic N) is 3. The van der Waals surface area contributed by atoms with Crippen LogP contribution in [-0.2, 0) is 11.2 Å². The van der Waals surface area contributed by atoms with Gasteiger partial charge in [0.2, 0.25) is 17.6 Å². The Morgan fingerprint density at radius 3 is 2.70 bits per heavy atom. The summed E-state index contributed by atoms with van der Waals surface area (Å²) in [5.41, 5.74) is 2.03. The molecule has 0 aliphatic carbocycles. The number of thiophene rings is 1. The second kappa shape index (κ2) is 8.35. The van der Waals surface area contributed by atoms with Crippen LogP contribution in [0.5, 0.6) is 0 Å². The van der Waals surface area contributed by atoms with E-state index in [-0.39, 0.29) is 5.91 Å². The molecule has 0 bridgehead atoms. The van der Waals surface area contributed by atoms with Crippen molar-refractivity contribution in [3.05, 3.63) is 47.7 Å². The summed E-state index contributed by atoms with van der Waals surface area (Å²) in [5.74, 6) is 0.999. The van der Waals surface area contributed by atoms with Gasteiger partial charge in [-0.15, -0.1) is 11.3 Å². The summed E-state index contributed by atoms with van der Waals surface area (Å²) in [6.07, 6.45) is 4.56. The first-order chi connectivity index (χ1) is 13.3. The number of aromatic nitrogens is 2. The monoisotopic (exact) mass is 382 g/mol. The van der Waals surface area contributed by atoms with Crippen LogP contribution in [0.1, 0.15) is 31.6 Å². The fourth-order valence-corrected chi connectivity index (χ4v) is 3.86. The van der Waals surface area contributed by atoms with Gasteiger partial charge >= 0.3 is 0 Å². The highest BCUT2D eigenvalue weighted by Crippen LogP contribution is 2.23. The number of rotatable bonds is 6. The number of amides is 1. The lowest BCUT2D eigenvalue weighted by molar-refractivity contribution is -0.116. The average molecular weight is 382 g/mol. The Kier molecular flexibility index (Phi) is 5.48. The molecule has 27 heavy (non-hydrogen) atoms. The fraction of sp³-hybridized carbons (Fsp3) is 0.350. The van der Waals surface area contributed by atoms with Gasteiger partial charge in [0.05, 0.1) is 4.88 Å². The first kappa shape index (κ1) is 17.7. The predicted molar refractivity (Wildman–Crippen MR) is 107 cm³/mol.